The van der Waals surface area contributed by atoms with Gasteiger partial charge in [0.25, 0.3) is 0 Å². The number of carbonyl (C=O) groups excluding carboxylic acids is 1. The zero-order chi connectivity index (χ0) is 15.4. The van der Waals surface area contributed by atoms with Crippen molar-refractivity contribution in [3.63, 3.8) is 0 Å². The Morgan fingerprint density at radius 1 is 1.23 bits per heavy atom. The number of amides is 1. The number of aromatic nitrogens is 1. The summed E-state index contributed by atoms with van der Waals surface area (Å²) in [6, 6.07) is 4.01. The highest BCUT2D eigenvalue weighted by atomic mass is 35.5. The minimum absolute atomic E-state index is 0. The first kappa shape index (κ1) is 18.9. The van der Waals surface area contributed by atoms with Gasteiger partial charge in [-0.2, -0.15) is 0 Å². The molecule has 2 atom stereocenters. The van der Waals surface area contributed by atoms with Crippen LogP contribution in [0.5, 0.6) is 0 Å². The summed E-state index contributed by atoms with van der Waals surface area (Å²) in [4.78, 5) is 20.7. The first-order valence-electron chi connectivity index (χ1n) is 7.69. The largest absolute Gasteiger partial charge is 0.339 e. The number of carbonyl (C=O) groups is 1. The van der Waals surface area contributed by atoms with Crippen molar-refractivity contribution in [1.82, 2.24) is 14.8 Å². The molecule has 2 N–H and O–H groups in total. The fourth-order valence-electron chi connectivity index (χ4n) is 2.66. The SMILES string of the molecule is CC(C)[C@H](N)C(=O)N1CCN(C(C)c2cccnc2)CC1.Cl. The third kappa shape index (κ3) is 4.41. The molecule has 1 aromatic rings. The van der Waals surface area contributed by atoms with Crippen LogP contribution in [0.25, 0.3) is 0 Å². The minimum Gasteiger partial charge on any atom is -0.339 e. The summed E-state index contributed by atoms with van der Waals surface area (Å²) in [5, 5.41) is 0. The Bertz CT molecular complexity index is 460. The van der Waals surface area contributed by atoms with Crippen molar-refractivity contribution in [1.29, 1.82) is 0 Å². The molecule has 6 heteroatoms. The fraction of sp³-hybridized carbons (Fsp3) is 0.625. The van der Waals surface area contributed by atoms with Gasteiger partial charge in [-0.1, -0.05) is 19.9 Å². The Morgan fingerprint density at radius 3 is 2.36 bits per heavy atom. The van der Waals surface area contributed by atoms with Crippen LogP contribution in [-0.2, 0) is 4.79 Å². The van der Waals surface area contributed by atoms with E-state index in [0.29, 0.717) is 6.04 Å². The minimum atomic E-state index is -0.382. The third-order valence-corrected chi connectivity index (χ3v) is 4.34. The fourth-order valence-corrected chi connectivity index (χ4v) is 2.66. The van der Waals surface area contributed by atoms with Crippen molar-refractivity contribution in [2.75, 3.05) is 26.2 Å². The summed E-state index contributed by atoms with van der Waals surface area (Å²) in [5.41, 5.74) is 7.18. The Hall–Kier alpha value is -1.17. The van der Waals surface area contributed by atoms with Crippen molar-refractivity contribution in [2.45, 2.75) is 32.9 Å². The highest BCUT2D eigenvalue weighted by molar-refractivity contribution is 5.85. The van der Waals surface area contributed by atoms with E-state index < -0.39 is 0 Å². The van der Waals surface area contributed by atoms with Crippen molar-refractivity contribution in [3.05, 3.63) is 30.1 Å². The quantitative estimate of drug-likeness (QED) is 0.914. The second-order valence-corrected chi connectivity index (χ2v) is 6.09. The molecule has 2 rings (SSSR count). The van der Waals surface area contributed by atoms with E-state index in [9.17, 15) is 4.79 Å². The maximum atomic E-state index is 12.3. The maximum Gasteiger partial charge on any atom is 0.239 e. The normalized spacial score (nSPS) is 18.7. The maximum absolute atomic E-state index is 12.3. The summed E-state index contributed by atoms with van der Waals surface area (Å²) in [6.07, 6.45) is 3.71. The van der Waals surface area contributed by atoms with Crippen LogP contribution in [-0.4, -0.2) is 52.9 Å². The van der Waals surface area contributed by atoms with Crippen molar-refractivity contribution in [2.24, 2.45) is 11.7 Å². The average Bonchev–Trinajstić information content (AvgIpc) is 2.53. The monoisotopic (exact) mass is 326 g/mol. The van der Waals surface area contributed by atoms with Crippen LogP contribution >= 0.6 is 12.4 Å². The number of pyridine rings is 1. The zero-order valence-corrected chi connectivity index (χ0v) is 14.4. The van der Waals surface area contributed by atoms with Crippen LogP contribution < -0.4 is 5.73 Å². The molecule has 22 heavy (non-hydrogen) atoms. The molecule has 1 saturated heterocycles. The number of rotatable bonds is 4. The molecular formula is C16H27ClN4O. The summed E-state index contributed by atoms with van der Waals surface area (Å²) >= 11 is 0. The predicted molar refractivity (Wildman–Crippen MR) is 90.9 cm³/mol. The molecule has 1 amide bonds. The van der Waals surface area contributed by atoms with E-state index in [-0.39, 0.29) is 30.3 Å². The van der Waals surface area contributed by atoms with Gasteiger partial charge < -0.3 is 10.6 Å². The second-order valence-electron chi connectivity index (χ2n) is 6.09. The molecule has 0 aliphatic carbocycles. The summed E-state index contributed by atoms with van der Waals surface area (Å²) in [6.45, 7) is 9.44. The summed E-state index contributed by atoms with van der Waals surface area (Å²) < 4.78 is 0. The summed E-state index contributed by atoms with van der Waals surface area (Å²) in [5.74, 6) is 0.267. The Kier molecular flexibility index (Phi) is 7.26. The van der Waals surface area contributed by atoms with Gasteiger partial charge in [0.15, 0.2) is 0 Å². The van der Waals surface area contributed by atoms with Gasteiger partial charge in [-0.3, -0.25) is 14.7 Å². The van der Waals surface area contributed by atoms with Crippen molar-refractivity contribution < 1.29 is 4.79 Å². The topological polar surface area (TPSA) is 62.5 Å². The zero-order valence-electron chi connectivity index (χ0n) is 13.6. The number of halogens is 1. The smallest absolute Gasteiger partial charge is 0.239 e. The molecule has 1 unspecified atom stereocenters. The molecule has 0 aromatic carbocycles. The molecule has 1 aliphatic rings. The molecule has 0 spiro atoms. The van der Waals surface area contributed by atoms with Gasteiger partial charge in [0, 0.05) is 44.6 Å². The highest BCUT2D eigenvalue weighted by Gasteiger charge is 2.28. The van der Waals surface area contributed by atoms with E-state index in [2.05, 4.69) is 22.9 Å². The molecule has 1 aliphatic heterocycles. The molecule has 1 aromatic heterocycles. The van der Waals surface area contributed by atoms with Gasteiger partial charge in [0.2, 0.25) is 5.91 Å². The van der Waals surface area contributed by atoms with E-state index in [0.717, 1.165) is 26.2 Å². The molecule has 0 radical (unpaired) electrons. The van der Waals surface area contributed by atoms with Gasteiger partial charge in [0.05, 0.1) is 6.04 Å². The van der Waals surface area contributed by atoms with Crippen LogP contribution in [0.2, 0.25) is 0 Å². The van der Waals surface area contributed by atoms with Gasteiger partial charge >= 0.3 is 0 Å². The van der Waals surface area contributed by atoms with E-state index >= 15 is 0 Å². The van der Waals surface area contributed by atoms with Crippen LogP contribution in [0.15, 0.2) is 24.5 Å². The molecule has 1 fully saturated rings. The van der Waals surface area contributed by atoms with E-state index in [4.69, 9.17) is 5.73 Å². The number of piperazine rings is 1. The lowest BCUT2D eigenvalue weighted by molar-refractivity contribution is -0.135. The van der Waals surface area contributed by atoms with Crippen LogP contribution in [0.4, 0.5) is 0 Å². The lowest BCUT2D eigenvalue weighted by Gasteiger charge is -2.39. The standard InChI is InChI=1S/C16H26N4O.ClH/c1-12(2)15(17)16(21)20-9-7-19(8-10-20)13(3)14-5-4-6-18-11-14;/h4-6,11-13,15H,7-10,17H2,1-3H3;1H/t13?,15-;/m0./s1. The van der Waals surface area contributed by atoms with Crippen molar-refractivity contribution in [3.8, 4) is 0 Å². The molecule has 2 heterocycles. The van der Waals surface area contributed by atoms with Crippen molar-refractivity contribution >= 4 is 18.3 Å². The molecule has 5 nitrogen and oxygen atoms in total. The number of nitrogens with two attached hydrogens (primary N) is 1. The van der Waals surface area contributed by atoms with Gasteiger partial charge in [-0.15, -0.1) is 12.4 Å². The first-order valence-corrected chi connectivity index (χ1v) is 7.69. The van der Waals surface area contributed by atoms with Crippen LogP contribution in [0.1, 0.15) is 32.4 Å². The Morgan fingerprint density at radius 2 is 1.86 bits per heavy atom. The van der Waals surface area contributed by atoms with E-state index in [1.165, 1.54) is 5.56 Å². The van der Waals surface area contributed by atoms with E-state index in [1.54, 1.807) is 6.20 Å². The highest BCUT2D eigenvalue weighted by Crippen LogP contribution is 2.21. The second kappa shape index (κ2) is 8.46. The number of hydrogen-bond acceptors (Lipinski definition) is 4. The molecule has 124 valence electrons. The van der Waals surface area contributed by atoms with Gasteiger partial charge in [-0.25, -0.2) is 0 Å². The third-order valence-electron chi connectivity index (χ3n) is 4.34. The first-order chi connectivity index (χ1) is 10.0. The number of hydrogen-bond donors (Lipinski definition) is 1. The lowest BCUT2D eigenvalue weighted by atomic mass is 10.0. The van der Waals surface area contributed by atoms with Gasteiger partial charge in [0.1, 0.15) is 0 Å². The lowest BCUT2D eigenvalue weighted by Crippen LogP contribution is -2.54. The average molecular weight is 327 g/mol. The number of nitrogens with zero attached hydrogens (tertiary/aromatic N) is 3. The van der Waals surface area contributed by atoms with E-state index in [1.807, 2.05) is 31.0 Å². The molecule has 0 saturated carbocycles. The van der Waals surface area contributed by atoms with Crippen LogP contribution in [0, 0.1) is 5.92 Å². The Balaban J connectivity index is 0.00000242. The Labute approximate surface area is 139 Å². The molecular weight excluding hydrogens is 300 g/mol. The molecule has 0 bridgehead atoms. The predicted octanol–water partition coefficient (Wildman–Crippen LogP) is 1.69. The van der Waals surface area contributed by atoms with Gasteiger partial charge in [-0.05, 0) is 24.5 Å². The van der Waals surface area contributed by atoms with Crippen LogP contribution in [0.3, 0.4) is 0 Å². The summed E-state index contributed by atoms with van der Waals surface area (Å²) in [7, 11) is 0.